The fourth-order valence-electron chi connectivity index (χ4n) is 1.88. The molecule has 0 aliphatic carbocycles. The molecular weight excluding hydrogens is 260 g/mol. The van der Waals surface area contributed by atoms with Crippen molar-refractivity contribution < 1.29 is 4.79 Å². The zero-order valence-corrected chi connectivity index (χ0v) is 10.9. The lowest BCUT2D eigenvalue weighted by Crippen LogP contribution is -2.43. The van der Waals surface area contributed by atoms with Gasteiger partial charge in [-0.05, 0) is 6.07 Å². The third kappa shape index (κ3) is 2.32. The first-order chi connectivity index (χ1) is 9.63. The van der Waals surface area contributed by atoms with Crippen LogP contribution in [0.1, 0.15) is 16.5 Å². The minimum atomic E-state index is -0.345. The number of pyridine rings is 1. The van der Waals surface area contributed by atoms with E-state index >= 15 is 0 Å². The van der Waals surface area contributed by atoms with Gasteiger partial charge in [-0.15, -0.1) is 5.10 Å². The molecule has 0 spiro atoms. The van der Waals surface area contributed by atoms with Crippen molar-refractivity contribution in [2.45, 2.75) is 6.04 Å². The smallest absolute Gasteiger partial charge is 0.277 e. The monoisotopic (exact) mass is 274 g/mol. The molecule has 0 saturated carbocycles. The van der Waals surface area contributed by atoms with E-state index in [0.29, 0.717) is 5.69 Å². The van der Waals surface area contributed by atoms with Crippen molar-refractivity contribution in [3.8, 4) is 0 Å². The number of carbonyl (C=O) groups excluding carboxylic acids is 1. The Kier molecular flexibility index (Phi) is 3.07. The number of hydrogen-bond acceptors (Lipinski definition) is 5. The van der Waals surface area contributed by atoms with Gasteiger partial charge in [0.2, 0.25) is 5.56 Å². The molecule has 2 N–H and O–H groups in total. The SMILES string of the molecule is Cn1cc(NC(=O)c2cn(C3CNC3)nn2)ccc1=O. The highest BCUT2D eigenvalue weighted by molar-refractivity contribution is 6.02. The Morgan fingerprint density at radius 2 is 2.20 bits per heavy atom. The first kappa shape index (κ1) is 12.5. The molecule has 8 heteroatoms. The van der Waals surface area contributed by atoms with Crippen molar-refractivity contribution >= 4 is 11.6 Å². The Morgan fingerprint density at radius 3 is 2.85 bits per heavy atom. The molecule has 2 aromatic rings. The zero-order valence-electron chi connectivity index (χ0n) is 10.9. The minimum Gasteiger partial charge on any atom is -0.319 e. The maximum absolute atomic E-state index is 12.0. The molecule has 1 fully saturated rings. The summed E-state index contributed by atoms with van der Waals surface area (Å²) in [5.41, 5.74) is 0.661. The van der Waals surface area contributed by atoms with Crippen LogP contribution in [-0.2, 0) is 7.05 Å². The molecule has 8 nitrogen and oxygen atoms in total. The summed E-state index contributed by atoms with van der Waals surface area (Å²) in [5, 5.41) is 13.6. The molecule has 3 rings (SSSR count). The summed E-state index contributed by atoms with van der Waals surface area (Å²) in [5.74, 6) is -0.345. The van der Waals surface area contributed by atoms with E-state index in [0.717, 1.165) is 13.1 Å². The number of hydrogen-bond donors (Lipinski definition) is 2. The second-order valence-electron chi connectivity index (χ2n) is 4.72. The Labute approximate surface area is 114 Å². The van der Waals surface area contributed by atoms with Crippen LogP contribution in [0.2, 0.25) is 0 Å². The molecule has 3 heterocycles. The van der Waals surface area contributed by atoms with Crippen LogP contribution in [-0.4, -0.2) is 38.6 Å². The van der Waals surface area contributed by atoms with Crippen molar-refractivity contribution in [3.63, 3.8) is 0 Å². The molecule has 20 heavy (non-hydrogen) atoms. The first-order valence-electron chi connectivity index (χ1n) is 6.24. The quantitative estimate of drug-likeness (QED) is 0.777. The number of anilines is 1. The van der Waals surface area contributed by atoms with Crippen molar-refractivity contribution in [2.75, 3.05) is 18.4 Å². The number of carbonyl (C=O) groups is 1. The maximum atomic E-state index is 12.0. The van der Waals surface area contributed by atoms with Crippen LogP contribution >= 0.6 is 0 Å². The average molecular weight is 274 g/mol. The molecule has 1 aliphatic rings. The van der Waals surface area contributed by atoms with Crippen molar-refractivity contribution in [1.29, 1.82) is 0 Å². The second kappa shape index (κ2) is 4.89. The molecule has 1 amide bonds. The van der Waals surface area contributed by atoms with Gasteiger partial charge in [0.05, 0.1) is 17.9 Å². The fraction of sp³-hybridized carbons (Fsp3) is 0.333. The number of rotatable bonds is 3. The van der Waals surface area contributed by atoms with Crippen LogP contribution in [0.15, 0.2) is 29.3 Å². The summed E-state index contributed by atoms with van der Waals surface area (Å²) in [4.78, 5) is 23.3. The Bertz CT molecular complexity index is 700. The molecule has 0 atom stereocenters. The van der Waals surface area contributed by atoms with Gasteiger partial charge >= 0.3 is 0 Å². The third-order valence-corrected chi connectivity index (χ3v) is 3.22. The number of aryl methyl sites for hydroxylation is 1. The molecule has 0 aromatic carbocycles. The zero-order chi connectivity index (χ0) is 14.1. The van der Waals surface area contributed by atoms with Crippen molar-refractivity contribution in [1.82, 2.24) is 24.9 Å². The highest BCUT2D eigenvalue weighted by Crippen LogP contribution is 2.11. The first-order valence-corrected chi connectivity index (χ1v) is 6.24. The molecule has 0 radical (unpaired) electrons. The normalized spacial score (nSPS) is 14.8. The number of amides is 1. The van der Waals surface area contributed by atoms with Crippen LogP contribution in [0.3, 0.4) is 0 Å². The van der Waals surface area contributed by atoms with Gasteiger partial charge in [-0.1, -0.05) is 5.21 Å². The average Bonchev–Trinajstić information content (AvgIpc) is 2.81. The van der Waals surface area contributed by atoms with E-state index in [-0.39, 0.29) is 23.2 Å². The summed E-state index contributed by atoms with van der Waals surface area (Å²) in [6.45, 7) is 1.68. The maximum Gasteiger partial charge on any atom is 0.277 e. The molecule has 1 aliphatic heterocycles. The van der Waals surface area contributed by atoms with Gasteiger partial charge in [0.15, 0.2) is 5.69 Å². The molecule has 1 saturated heterocycles. The highest BCUT2D eigenvalue weighted by atomic mass is 16.2. The van der Waals surface area contributed by atoms with Gasteiger partial charge in [0.1, 0.15) is 0 Å². The van der Waals surface area contributed by atoms with Crippen LogP contribution in [0.25, 0.3) is 0 Å². The van der Waals surface area contributed by atoms with Gasteiger partial charge in [0.25, 0.3) is 5.91 Å². The van der Waals surface area contributed by atoms with E-state index in [1.807, 2.05) is 0 Å². The number of nitrogens with zero attached hydrogens (tertiary/aromatic N) is 4. The number of aromatic nitrogens is 4. The lowest BCUT2D eigenvalue weighted by Gasteiger charge is -2.26. The van der Waals surface area contributed by atoms with Gasteiger partial charge in [-0.3, -0.25) is 9.59 Å². The Morgan fingerprint density at radius 1 is 1.40 bits per heavy atom. The van der Waals surface area contributed by atoms with Gasteiger partial charge in [-0.2, -0.15) is 0 Å². The summed E-state index contributed by atoms with van der Waals surface area (Å²) in [6, 6.07) is 3.22. The van der Waals surface area contributed by atoms with E-state index < -0.39 is 0 Å². The summed E-state index contributed by atoms with van der Waals surface area (Å²) in [7, 11) is 1.62. The van der Waals surface area contributed by atoms with Crippen LogP contribution < -0.4 is 16.2 Å². The fourth-order valence-corrected chi connectivity index (χ4v) is 1.88. The standard InChI is InChI=1S/C12H14N6O2/c1-17-6-8(2-3-11(17)19)14-12(20)10-7-18(16-15-10)9-4-13-5-9/h2-3,6-7,9,13H,4-5H2,1H3,(H,14,20). The van der Waals surface area contributed by atoms with E-state index in [9.17, 15) is 9.59 Å². The molecule has 0 bridgehead atoms. The lowest BCUT2D eigenvalue weighted by molar-refractivity contribution is 0.102. The van der Waals surface area contributed by atoms with E-state index in [2.05, 4.69) is 20.9 Å². The van der Waals surface area contributed by atoms with Gasteiger partial charge in [-0.25, -0.2) is 4.68 Å². The lowest BCUT2D eigenvalue weighted by atomic mass is 10.2. The minimum absolute atomic E-state index is 0.133. The van der Waals surface area contributed by atoms with Crippen LogP contribution in [0.4, 0.5) is 5.69 Å². The van der Waals surface area contributed by atoms with Gasteiger partial charge < -0.3 is 15.2 Å². The van der Waals surface area contributed by atoms with Crippen LogP contribution in [0.5, 0.6) is 0 Å². The Hall–Kier alpha value is -2.48. The van der Waals surface area contributed by atoms with E-state index in [1.54, 1.807) is 30.2 Å². The predicted molar refractivity (Wildman–Crippen MR) is 71.6 cm³/mol. The third-order valence-electron chi connectivity index (χ3n) is 3.22. The van der Waals surface area contributed by atoms with E-state index in [1.165, 1.54) is 10.6 Å². The summed E-state index contributed by atoms with van der Waals surface area (Å²) < 4.78 is 3.08. The molecule has 0 unspecified atom stereocenters. The largest absolute Gasteiger partial charge is 0.319 e. The highest BCUT2D eigenvalue weighted by Gasteiger charge is 2.21. The molecular formula is C12H14N6O2. The number of nitrogens with one attached hydrogen (secondary N) is 2. The summed E-state index contributed by atoms with van der Waals surface area (Å²) >= 11 is 0. The Balaban J connectivity index is 1.73. The van der Waals surface area contributed by atoms with E-state index in [4.69, 9.17) is 0 Å². The van der Waals surface area contributed by atoms with Gasteiger partial charge in [0, 0.05) is 32.4 Å². The van der Waals surface area contributed by atoms with Crippen molar-refractivity contribution in [2.24, 2.45) is 7.05 Å². The van der Waals surface area contributed by atoms with Crippen LogP contribution in [0, 0.1) is 0 Å². The molecule has 2 aromatic heterocycles. The van der Waals surface area contributed by atoms with Crippen molar-refractivity contribution in [3.05, 3.63) is 40.6 Å². The second-order valence-corrected chi connectivity index (χ2v) is 4.72. The topological polar surface area (TPSA) is 93.8 Å². The summed E-state index contributed by atoms with van der Waals surface area (Å²) in [6.07, 6.45) is 3.18. The molecule has 104 valence electrons. The predicted octanol–water partition coefficient (Wildman–Crippen LogP) is -0.627.